The molecule has 0 aromatic rings. The van der Waals surface area contributed by atoms with E-state index in [2.05, 4.69) is 92.9 Å². The van der Waals surface area contributed by atoms with Gasteiger partial charge in [-0.3, -0.25) is 18.6 Å². The summed E-state index contributed by atoms with van der Waals surface area (Å²) in [6.07, 6.45) is 32.0. The third-order valence-electron chi connectivity index (χ3n) is 5.57. The summed E-state index contributed by atoms with van der Waals surface area (Å²) < 4.78 is 25.6. The van der Waals surface area contributed by atoms with Crippen LogP contribution in [0.4, 0.5) is 0 Å². The lowest BCUT2D eigenvalue weighted by molar-refractivity contribution is -0.144. The Labute approximate surface area is 261 Å². The van der Waals surface area contributed by atoms with E-state index in [1.165, 1.54) is 0 Å². The molecule has 44 heavy (non-hydrogen) atoms. The predicted molar refractivity (Wildman–Crippen MR) is 171 cm³/mol. The molecule has 0 aromatic heterocycles. The SMILES string of the molecule is CC/C=C\C/C=C\C/C=C\C/C=C\C/C=C\C/C=C\CCCCC(=O)NC(COP(=O)(O)OCC(O)COC(C)=O)C(=O)O. The van der Waals surface area contributed by atoms with E-state index in [1.807, 2.05) is 6.08 Å². The van der Waals surface area contributed by atoms with E-state index >= 15 is 0 Å². The Bertz CT molecular complexity index is 1030. The maximum Gasteiger partial charge on any atom is 0.472 e. The number of phosphoric acid groups is 1. The summed E-state index contributed by atoms with van der Waals surface area (Å²) in [7, 11) is -4.73. The number of carboxylic acids is 1. The van der Waals surface area contributed by atoms with Gasteiger partial charge in [0.05, 0.1) is 13.2 Å². The van der Waals surface area contributed by atoms with Gasteiger partial charge in [-0.15, -0.1) is 0 Å². The fraction of sp³-hybridized carbons (Fsp3) is 0.531. The van der Waals surface area contributed by atoms with Crippen LogP contribution in [0.15, 0.2) is 72.9 Å². The van der Waals surface area contributed by atoms with Crippen molar-refractivity contribution < 1.29 is 47.8 Å². The first-order valence-electron chi connectivity index (χ1n) is 14.9. The molecule has 0 saturated heterocycles. The molecule has 12 heteroatoms. The van der Waals surface area contributed by atoms with Crippen molar-refractivity contribution in [3.05, 3.63) is 72.9 Å². The molecule has 0 aromatic carbocycles. The molecule has 0 heterocycles. The van der Waals surface area contributed by atoms with Crippen LogP contribution in [0.2, 0.25) is 0 Å². The molecule has 11 nitrogen and oxygen atoms in total. The van der Waals surface area contributed by atoms with E-state index < -0.39 is 57.6 Å². The maximum atomic E-state index is 12.1. The van der Waals surface area contributed by atoms with Crippen LogP contribution in [0.1, 0.15) is 78.1 Å². The van der Waals surface area contributed by atoms with Crippen LogP contribution < -0.4 is 5.32 Å². The molecule has 0 aliphatic carbocycles. The molecule has 0 saturated carbocycles. The number of hydrogen-bond donors (Lipinski definition) is 4. The molecule has 0 fully saturated rings. The molecule has 0 aliphatic rings. The van der Waals surface area contributed by atoms with Crippen LogP contribution in [0.25, 0.3) is 0 Å². The van der Waals surface area contributed by atoms with Crippen molar-refractivity contribution in [2.24, 2.45) is 0 Å². The highest BCUT2D eigenvalue weighted by Gasteiger charge is 2.28. The number of allylic oxidation sites excluding steroid dienone is 12. The molecule has 0 aliphatic heterocycles. The van der Waals surface area contributed by atoms with Crippen LogP contribution in [0, 0.1) is 0 Å². The van der Waals surface area contributed by atoms with Gasteiger partial charge in [0.1, 0.15) is 12.7 Å². The normalized spacial score (nSPS) is 15.2. The summed E-state index contributed by atoms with van der Waals surface area (Å²) in [5, 5.41) is 21.1. The van der Waals surface area contributed by atoms with Crippen molar-refractivity contribution in [1.82, 2.24) is 5.32 Å². The minimum absolute atomic E-state index is 0.0853. The number of aliphatic hydroxyl groups excluding tert-OH is 1. The van der Waals surface area contributed by atoms with Crippen LogP contribution in [-0.2, 0) is 32.7 Å². The number of unbranched alkanes of at least 4 members (excludes halogenated alkanes) is 2. The van der Waals surface area contributed by atoms with E-state index in [9.17, 15) is 34.1 Å². The number of phosphoric ester groups is 1. The molecule has 3 unspecified atom stereocenters. The number of carbonyl (C=O) groups excluding carboxylic acids is 2. The number of carbonyl (C=O) groups is 3. The lowest BCUT2D eigenvalue weighted by Crippen LogP contribution is -2.43. The first kappa shape index (κ1) is 40.9. The molecule has 0 rings (SSSR count). The first-order chi connectivity index (χ1) is 21.1. The Morgan fingerprint density at radius 1 is 0.750 bits per heavy atom. The summed E-state index contributed by atoms with van der Waals surface area (Å²) >= 11 is 0. The van der Waals surface area contributed by atoms with Gasteiger partial charge in [-0.1, -0.05) is 79.8 Å². The van der Waals surface area contributed by atoms with E-state index in [4.69, 9.17) is 0 Å². The van der Waals surface area contributed by atoms with Gasteiger partial charge >= 0.3 is 19.8 Å². The summed E-state index contributed by atoms with van der Waals surface area (Å²) in [6.45, 7) is 1.28. The van der Waals surface area contributed by atoms with Gasteiger partial charge in [0.2, 0.25) is 5.91 Å². The van der Waals surface area contributed by atoms with E-state index in [-0.39, 0.29) is 6.42 Å². The zero-order chi connectivity index (χ0) is 32.9. The summed E-state index contributed by atoms with van der Waals surface area (Å²) in [5.74, 6) is -2.64. The lowest BCUT2D eigenvalue weighted by Gasteiger charge is -2.18. The third-order valence-corrected chi connectivity index (χ3v) is 6.52. The summed E-state index contributed by atoms with van der Waals surface area (Å²) in [4.78, 5) is 43.9. The fourth-order valence-corrected chi connectivity index (χ4v) is 4.05. The smallest absolute Gasteiger partial charge is 0.472 e. The van der Waals surface area contributed by atoms with Gasteiger partial charge in [-0.25, -0.2) is 9.36 Å². The third kappa shape index (κ3) is 27.7. The van der Waals surface area contributed by atoms with Gasteiger partial charge in [-0.05, 0) is 57.8 Å². The second kappa shape index (κ2) is 27.5. The van der Waals surface area contributed by atoms with Gasteiger partial charge in [0.25, 0.3) is 0 Å². The first-order valence-corrected chi connectivity index (χ1v) is 16.4. The number of amides is 1. The number of aliphatic carboxylic acids is 1. The molecule has 0 bridgehead atoms. The lowest BCUT2D eigenvalue weighted by atomic mass is 10.1. The average Bonchev–Trinajstić information content (AvgIpc) is 2.97. The molecular weight excluding hydrogens is 589 g/mol. The number of ether oxygens (including phenoxy) is 1. The second-order valence-corrected chi connectivity index (χ2v) is 11.1. The average molecular weight is 640 g/mol. The van der Waals surface area contributed by atoms with Crippen LogP contribution in [-0.4, -0.2) is 64.9 Å². The largest absolute Gasteiger partial charge is 0.480 e. The van der Waals surface area contributed by atoms with Crippen molar-refractivity contribution in [2.75, 3.05) is 19.8 Å². The standard InChI is InChI=1S/C32H50NO10P/c1-3-4-5-6-7-8-9-10-11-12-13-14-15-16-17-18-19-20-21-22-23-24-31(36)33-30(32(37)38)27-43-44(39,40)42-26-29(35)25-41-28(2)34/h4-5,7-8,10-11,13-14,16-17,19-20,29-30,35H,3,6,9,12,15,18,21-27H2,1-2H3,(H,33,36)(H,37,38)(H,39,40)/b5-4-,8-7-,11-10-,14-13-,17-16-,20-19-. The highest BCUT2D eigenvalue weighted by molar-refractivity contribution is 7.47. The number of rotatable bonds is 26. The van der Waals surface area contributed by atoms with Gasteiger partial charge in [0, 0.05) is 13.3 Å². The van der Waals surface area contributed by atoms with Crippen molar-refractivity contribution in [3.8, 4) is 0 Å². The second-order valence-electron chi connectivity index (χ2n) is 9.64. The molecule has 0 radical (unpaired) electrons. The molecule has 0 spiro atoms. The van der Waals surface area contributed by atoms with E-state index in [0.29, 0.717) is 6.42 Å². The van der Waals surface area contributed by atoms with Crippen molar-refractivity contribution in [1.29, 1.82) is 0 Å². The quantitative estimate of drug-likeness (QED) is 0.0389. The van der Waals surface area contributed by atoms with Crippen LogP contribution in [0.5, 0.6) is 0 Å². The van der Waals surface area contributed by atoms with Crippen molar-refractivity contribution in [2.45, 2.75) is 90.2 Å². The fourth-order valence-electron chi connectivity index (χ4n) is 3.28. The molecule has 3 atom stereocenters. The monoisotopic (exact) mass is 639 g/mol. The van der Waals surface area contributed by atoms with Gasteiger partial charge < -0.3 is 25.2 Å². The predicted octanol–water partition coefficient (Wildman–Crippen LogP) is 5.87. The molecule has 1 amide bonds. The van der Waals surface area contributed by atoms with Crippen LogP contribution in [0.3, 0.4) is 0 Å². The Morgan fingerprint density at radius 3 is 1.70 bits per heavy atom. The number of esters is 1. The highest BCUT2D eigenvalue weighted by atomic mass is 31.2. The maximum absolute atomic E-state index is 12.1. The molecular formula is C32H50NO10P. The summed E-state index contributed by atoms with van der Waals surface area (Å²) in [5.41, 5.74) is 0. The Balaban J connectivity index is 4.03. The minimum Gasteiger partial charge on any atom is -0.480 e. The van der Waals surface area contributed by atoms with Crippen molar-refractivity contribution in [3.63, 3.8) is 0 Å². The summed E-state index contributed by atoms with van der Waals surface area (Å²) in [6, 6.07) is -1.57. The van der Waals surface area contributed by atoms with E-state index in [0.717, 1.165) is 58.3 Å². The molecule has 248 valence electrons. The molecule has 4 N–H and O–H groups in total. The van der Waals surface area contributed by atoms with E-state index in [1.54, 1.807) is 0 Å². The van der Waals surface area contributed by atoms with Gasteiger partial charge in [-0.2, -0.15) is 0 Å². The minimum atomic E-state index is -4.73. The Morgan fingerprint density at radius 2 is 1.23 bits per heavy atom. The van der Waals surface area contributed by atoms with Crippen molar-refractivity contribution >= 4 is 25.7 Å². The van der Waals surface area contributed by atoms with Crippen LogP contribution >= 0.6 is 7.82 Å². The zero-order valence-corrected chi connectivity index (χ0v) is 26.8. The number of aliphatic hydroxyl groups is 1. The number of hydrogen-bond acceptors (Lipinski definition) is 8. The Kier molecular flexibility index (Phi) is 25.5. The highest BCUT2D eigenvalue weighted by Crippen LogP contribution is 2.43. The topological polar surface area (TPSA) is 169 Å². The van der Waals surface area contributed by atoms with Gasteiger partial charge in [0.15, 0.2) is 6.04 Å². The Hall–Kier alpha value is -3.08. The zero-order valence-electron chi connectivity index (χ0n) is 25.9. The number of carboxylic acid groups (broad SMARTS) is 1. The number of nitrogens with one attached hydrogen (secondary N) is 1.